The standard InChI is InChI=1S/C19H22N2O2S/c1-3-15-9-11-17(12-10-15)20-18(22)13-24-14(2)19(23)21-16-7-5-4-6-8-16/h4-12,14H,3,13H2,1-2H3,(H,20,22)(H,21,23). The van der Waals surface area contributed by atoms with Gasteiger partial charge in [0.05, 0.1) is 11.0 Å². The number of benzene rings is 2. The number of carbonyl (C=O) groups excluding carboxylic acids is 2. The number of thioether (sulfide) groups is 1. The summed E-state index contributed by atoms with van der Waals surface area (Å²) >= 11 is 1.31. The Morgan fingerprint density at radius 2 is 1.58 bits per heavy atom. The number of aryl methyl sites for hydroxylation is 1. The monoisotopic (exact) mass is 342 g/mol. The lowest BCUT2D eigenvalue weighted by Gasteiger charge is -2.12. The first-order chi connectivity index (χ1) is 11.6. The molecular formula is C19H22N2O2S. The fourth-order valence-corrected chi connectivity index (χ4v) is 2.75. The third kappa shape index (κ3) is 5.74. The third-order valence-electron chi connectivity index (χ3n) is 3.52. The molecule has 1 unspecified atom stereocenters. The van der Waals surface area contributed by atoms with Crippen LogP contribution in [0.25, 0.3) is 0 Å². The molecule has 0 radical (unpaired) electrons. The van der Waals surface area contributed by atoms with Crippen molar-refractivity contribution < 1.29 is 9.59 Å². The maximum Gasteiger partial charge on any atom is 0.237 e. The molecule has 0 fully saturated rings. The normalized spacial score (nSPS) is 11.6. The van der Waals surface area contributed by atoms with Gasteiger partial charge in [0.15, 0.2) is 0 Å². The van der Waals surface area contributed by atoms with Gasteiger partial charge in [0.1, 0.15) is 0 Å². The van der Waals surface area contributed by atoms with E-state index in [1.165, 1.54) is 17.3 Å². The fourth-order valence-electron chi connectivity index (χ4n) is 2.06. The van der Waals surface area contributed by atoms with Crippen LogP contribution in [0, 0.1) is 0 Å². The van der Waals surface area contributed by atoms with Crippen LogP contribution in [0.4, 0.5) is 11.4 Å². The summed E-state index contributed by atoms with van der Waals surface area (Å²) in [5.74, 6) is 0.0220. The van der Waals surface area contributed by atoms with Crippen molar-refractivity contribution in [2.45, 2.75) is 25.5 Å². The topological polar surface area (TPSA) is 58.2 Å². The van der Waals surface area contributed by atoms with Gasteiger partial charge in [-0.1, -0.05) is 37.3 Å². The zero-order valence-electron chi connectivity index (χ0n) is 13.9. The summed E-state index contributed by atoms with van der Waals surface area (Å²) in [6.45, 7) is 3.89. The van der Waals surface area contributed by atoms with E-state index in [0.29, 0.717) is 0 Å². The van der Waals surface area contributed by atoms with E-state index in [2.05, 4.69) is 17.6 Å². The first-order valence-electron chi connectivity index (χ1n) is 7.94. The molecule has 2 aromatic carbocycles. The van der Waals surface area contributed by atoms with Gasteiger partial charge in [-0.2, -0.15) is 0 Å². The number of hydrogen-bond acceptors (Lipinski definition) is 3. The first-order valence-corrected chi connectivity index (χ1v) is 8.99. The average Bonchev–Trinajstić information content (AvgIpc) is 2.61. The highest BCUT2D eigenvalue weighted by Gasteiger charge is 2.15. The Kier molecular flexibility index (Phi) is 6.88. The number of nitrogens with one attached hydrogen (secondary N) is 2. The van der Waals surface area contributed by atoms with Crippen LogP contribution in [-0.4, -0.2) is 22.8 Å². The molecule has 2 N–H and O–H groups in total. The predicted octanol–water partition coefficient (Wildman–Crippen LogP) is 3.95. The summed E-state index contributed by atoms with van der Waals surface area (Å²) in [6, 6.07) is 17.1. The molecule has 2 rings (SSSR count). The van der Waals surface area contributed by atoms with Gasteiger partial charge < -0.3 is 10.6 Å². The Bertz CT molecular complexity index is 672. The quantitative estimate of drug-likeness (QED) is 0.801. The molecule has 2 aromatic rings. The van der Waals surface area contributed by atoms with Crippen LogP contribution in [0.5, 0.6) is 0 Å². The molecule has 0 bridgehead atoms. The molecule has 0 saturated heterocycles. The summed E-state index contributed by atoms with van der Waals surface area (Å²) in [5.41, 5.74) is 2.77. The van der Waals surface area contributed by atoms with Crippen LogP contribution >= 0.6 is 11.8 Å². The molecule has 5 heteroatoms. The zero-order valence-corrected chi connectivity index (χ0v) is 14.7. The van der Waals surface area contributed by atoms with Gasteiger partial charge >= 0.3 is 0 Å². The van der Waals surface area contributed by atoms with E-state index in [1.54, 1.807) is 6.92 Å². The van der Waals surface area contributed by atoms with E-state index < -0.39 is 0 Å². The minimum atomic E-state index is -0.307. The van der Waals surface area contributed by atoms with Crippen LogP contribution in [0.3, 0.4) is 0 Å². The van der Waals surface area contributed by atoms with E-state index >= 15 is 0 Å². The van der Waals surface area contributed by atoms with Gasteiger partial charge in [0.2, 0.25) is 11.8 Å². The molecule has 0 aromatic heterocycles. The number of rotatable bonds is 7. The Morgan fingerprint density at radius 3 is 2.21 bits per heavy atom. The Morgan fingerprint density at radius 1 is 0.958 bits per heavy atom. The van der Waals surface area contributed by atoms with E-state index in [1.807, 2.05) is 54.6 Å². The van der Waals surface area contributed by atoms with Crippen molar-refractivity contribution in [3.63, 3.8) is 0 Å². The minimum Gasteiger partial charge on any atom is -0.325 e. The number of anilines is 2. The highest BCUT2D eigenvalue weighted by atomic mass is 32.2. The van der Waals surface area contributed by atoms with Gasteiger partial charge in [0, 0.05) is 11.4 Å². The number of amides is 2. The molecule has 24 heavy (non-hydrogen) atoms. The van der Waals surface area contributed by atoms with Crippen molar-refractivity contribution in [2.24, 2.45) is 0 Å². The van der Waals surface area contributed by atoms with Crippen molar-refractivity contribution in [1.29, 1.82) is 0 Å². The van der Waals surface area contributed by atoms with Crippen molar-refractivity contribution in [3.8, 4) is 0 Å². The van der Waals surface area contributed by atoms with Crippen LogP contribution < -0.4 is 10.6 Å². The van der Waals surface area contributed by atoms with Crippen molar-refractivity contribution in [2.75, 3.05) is 16.4 Å². The SMILES string of the molecule is CCc1ccc(NC(=O)CSC(C)C(=O)Nc2ccccc2)cc1. The predicted molar refractivity (Wildman–Crippen MR) is 101 cm³/mol. The molecule has 0 spiro atoms. The second-order valence-corrected chi connectivity index (χ2v) is 6.74. The smallest absolute Gasteiger partial charge is 0.237 e. The number of carbonyl (C=O) groups is 2. The van der Waals surface area contributed by atoms with Crippen molar-refractivity contribution in [1.82, 2.24) is 0 Å². The summed E-state index contributed by atoms with van der Waals surface area (Å²) in [6.07, 6.45) is 0.970. The van der Waals surface area contributed by atoms with Crippen LogP contribution in [0.2, 0.25) is 0 Å². The zero-order chi connectivity index (χ0) is 17.4. The molecule has 1 atom stereocenters. The Hall–Kier alpha value is -2.27. The van der Waals surface area contributed by atoms with Gasteiger partial charge in [0.25, 0.3) is 0 Å². The van der Waals surface area contributed by atoms with E-state index in [4.69, 9.17) is 0 Å². The first kappa shape index (κ1) is 18.1. The lowest BCUT2D eigenvalue weighted by molar-refractivity contribution is -0.115. The van der Waals surface area contributed by atoms with Gasteiger partial charge in [-0.3, -0.25) is 9.59 Å². The lowest BCUT2D eigenvalue weighted by atomic mass is 10.1. The third-order valence-corrected chi connectivity index (χ3v) is 4.66. The fraction of sp³-hybridized carbons (Fsp3) is 0.263. The van der Waals surface area contributed by atoms with Gasteiger partial charge in [-0.15, -0.1) is 11.8 Å². The molecule has 4 nitrogen and oxygen atoms in total. The van der Waals surface area contributed by atoms with Crippen LogP contribution in [-0.2, 0) is 16.0 Å². The van der Waals surface area contributed by atoms with Crippen LogP contribution in [0.15, 0.2) is 54.6 Å². The molecule has 0 saturated carbocycles. The largest absolute Gasteiger partial charge is 0.325 e. The molecule has 0 aliphatic heterocycles. The minimum absolute atomic E-state index is 0.105. The van der Waals surface area contributed by atoms with E-state index in [0.717, 1.165) is 17.8 Å². The highest BCUT2D eigenvalue weighted by Crippen LogP contribution is 2.15. The van der Waals surface area contributed by atoms with E-state index in [-0.39, 0.29) is 22.8 Å². The maximum absolute atomic E-state index is 12.1. The Balaban J connectivity index is 1.76. The number of para-hydroxylation sites is 1. The molecule has 0 heterocycles. The lowest BCUT2D eigenvalue weighted by Crippen LogP contribution is -2.25. The highest BCUT2D eigenvalue weighted by molar-refractivity contribution is 8.01. The Labute approximate surface area is 147 Å². The molecule has 0 aliphatic carbocycles. The van der Waals surface area contributed by atoms with Gasteiger partial charge in [-0.25, -0.2) is 0 Å². The number of hydrogen-bond donors (Lipinski definition) is 2. The molecule has 0 aliphatic rings. The second-order valence-electron chi connectivity index (χ2n) is 5.41. The van der Waals surface area contributed by atoms with E-state index in [9.17, 15) is 9.59 Å². The summed E-state index contributed by atoms with van der Waals surface area (Å²) in [5, 5.41) is 5.38. The second kappa shape index (κ2) is 9.13. The summed E-state index contributed by atoms with van der Waals surface area (Å²) in [7, 11) is 0. The average molecular weight is 342 g/mol. The van der Waals surface area contributed by atoms with Crippen molar-refractivity contribution in [3.05, 3.63) is 60.2 Å². The van der Waals surface area contributed by atoms with Crippen molar-refractivity contribution >= 4 is 35.0 Å². The summed E-state index contributed by atoms with van der Waals surface area (Å²) < 4.78 is 0. The summed E-state index contributed by atoms with van der Waals surface area (Å²) in [4.78, 5) is 24.1. The molecule has 126 valence electrons. The molecule has 2 amide bonds. The maximum atomic E-state index is 12.1. The van der Waals surface area contributed by atoms with Gasteiger partial charge in [-0.05, 0) is 43.2 Å². The molecular weight excluding hydrogens is 320 g/mol. The van der Waals surface area contributed by atoms with Crippen LogP contribution in [0.1, 0.15) is 19.4 Å².